The van der Waals surface area contributed by atoms with Gasteiger partial charge in [0.2, 0.25) is 15.9 Å². The molecule has 0 aliphatic carbocycles. The van der Waals surface area contributed by atoms with Gasteiger partial charge in [-0.15, -0.1) is 11.8 Å². The molecule has 9 heteroatoms. The van der Waals surface area contributed by atoms with E-state index < -0.39 is 16.1 Å². The zero-order valence-electron chi connectivity index (χ0n) is 11.4. The Hall–Kier alpha value is -0.820. The van der Waals surface area contributed by atoms with E-state index >= 15 is 0 Å². The van der Waals surface area contributed by atoms with E-state index in [9.17, 15) is 13.2 Å². The maximum absolute atomic E-state index is 12.1. The number of unbranched alkanes of at least 4 members (excludes halogenated alkanes) is 1. The molecule has 1 heterocycles. The van der Waals surface area contributed by atoms with Crippen LogP contribution in [0, 0.1) is 11.3 Å². The summed E-state index contributed by atoms with van der Waals surface area (Å²) >= 11 is 1.55. The van der Waals surface area contributed by atoms with Crippen LogP contribution in [0.2, 0.25) is 0 Å². The van der Waals surface area contributed by atoms with Crippen molar-refractivity contribution in [2.45, 2.75) is 31.3 Å². The number of nitrogens with zero attached hydrogens (tertiary/aromatic N) is 2. The highest BCUT2D eigenvalue weighted by Crippen LogP contribution is 2.21. The number of nitrogens with two attached hydrogens (primary N) is 1. The van der Waals surface area contributed by atoms with Crippen molar-refractivity contribution in [2.24, 2.45) is 5.73 Å². The number of nitrogens with one attached hydrogen (secondary N) is 1. The fourth-order valence-electron chi connectivity index (χ4n) is 1.85. The topological polar surface area (TPSA) is 116 Å². The zero-order valence-corrected chi connectivity index (χ0v) is 13.0. The van der Waals surface area contributed by atoms with Crippen molar-refractivity contribution < 1.29 is 13.2 Å². The van der Waals surface area contributed by atoms with Crippen LogP contribution in [0.1, 0.15) is 19.3 Å². The van der Waals surface area contributed by atoms with Crippen molar-refractivity contribution in [1.82, 2.24) is 9.62 Å². The number of thioether (sulfide) groups is 1. The number of hydrogen-bond donors (Lipinski definition) is 2. The van der Waals surface area contributed by atoms with Gasteiger partial charge < -0.3 is 10.6 Å². The molecular formula is C11H20N4O3S2. The summed E-state index contributed by atoms with van der Waals surface area (Å²) in [6.07, 6.45) is 2.89. The van der Waals surface area contributed by atoms with Crippen molar-refractivity contribution in [3.8, 4) is 6.07 Å². The van der Waals surface area contributed by atoms with Gasteiger partial charge in [0, 0.05) is 12.3 Å². The van der Waals surface area contributed by atoms with Gasteiger partial charge in [-0.1, -0.05) is 6.42 Å². The molecule has 0 radical (unpaired) electrons. The minimum Gasteiger partial charge on any atom is -0.320 e. The molecule has 114 valence electrons. The molecule has 0 saturated carbocycles. The monoisotopic (exact) mass is 320 g/mol. The average molecular weight is 320 g/mol. The van der Waals surface area contributed by atoms with E-state index in [0.717, 1.165) is 6.26 Å². The molecule has 1 aliphatic rings. The summed E-state index contributed by atoms with van der Waals surface area (Å²) in [4.78, 5) is 13.6. The van der Waals surface area contributed by atoms with Gasteiger partial charge in [0.15, 0.2) is 0 Å². The summed E-state index contributed by atoms with van der Waals surface area (Å²) in [5, 5.41) is 8.93. The molecule has 0 aromatic carbocycles. The molecule has 3 N–H and O–H groups in total. The zero-order chi connectivity index (χ0) is 15.2. The van der Waals surface area contributed by atoms with Crippen LogP contribution in [0.15, 0.2) is 0 Å². The summed E-state index contributed by atoms with van der Waals surface area (Å²) < 4.78 is 24.1. The van der Waals surface area contributed by atoms with Gasteiger partial charge >= 0.3 is 0 Å². The third kappa shape index (κ3) is 5.66. The molecule has 0 aromatic heterocycles. The fourth-order valence-corrected chi connectivity index (χ4v) is 3.45. The van der Waals surface area contributed by atoms with E-state index in [1.54, 1.807) is 11.8 Å². The number of sulfonamides is 1. The van der Waals surface area contributed by atoms with Crippen LogP contribution in [-0.2, 0) is 14.8 Å². The standard InChI is InChI=1S/C11H20N4O3S2/c1-20(17,18)14-5-3-2-4-10(13)11(16)15-8-19-7-9(15)6-12/h9-10,14H,2-5,7-8,13H2,1H3. The summed E-state index contributed by atoms with van der Waals surface area (Å²) in [6, 6.07) is 1.09. The largest absolute Gasteiger partial charge is 0.320 e. The molecule has 7 nitrogen and oxygen atoms in total. The molecule has 1 rings (SSSR count). The van der Waals surface area contributed by atoms with E-state index in [1.165, 1.54) is 4.90 Å². The van der Waals surface area contributed by atoms with Crippen LogP contribution in [0.5, 0.6) is 0 Å². The van der Waals surface area contributed by atoms with Crippen LogP contribution < -0.4 is 10.5 Å². The summed E-state index contributed by atoms with van der Waals surface area (Å²) in [7, 11) is -3.16. The normalized spacial score (nSPS) is 20.6. The quantitative estimate of drug-likeness (QED) is 0.608. The predicted molar refractivity (Wildman–Crippen MR) is 78.2 cm³/mol. The van der Waals surface area contributed by atoms with Gasteiger partial charge in [0.25, 0.3) is 0 Å². The second kappa shape index (κ2) is 7.83. The Labute approximate surface area is 123 Å². The van der Waals surface area contributed by atoms with Crippen molar-refractivity contribution in [1.29, 1.82) is 5.26 Å². The first-order chi connectivity index (χ1) is 9.35. The van der Waals surface area contributed by atoms with Crippen LogP contribution in [-0.4, -0.2) is 55.7 Å². The third-order valence-corrected chi connectivity index (χ3v) is 4.68. The Kier molecular flexibility index (Phi) is 6.75. The highest BCUT2D eigenvalue weighted by atomic mass is 32.2. The van der Waals surface area contributed by atoms with Crippen molar-refractivity contribution in [3.05, 3.63) is 0 Å². The molecule has 1 aliphatic heterocycles. The Morgan fingerprint density at radius 3 is 2.90 bits per heavy atom. The van der Waals surface area contributed by atoms with Gasteiger partial charge in [-0.3, -0.25) is 4.79 Å². The molecule has 1 fully saturated rings. The molecule has 0 aromatic rings. The van der Waals surface area contributed by atoms with E-state index in [-0.39, 0.29) is 11.9 Å². The first-order valence-corrected chi connectivity index (χ1v) is 9.38. The molecule has 0 bridgehead atoms. The Balaban J connectivity index is 2.27. The number of hydrogen-bond acceptors (Lipinski definition) is 6. The van der Waals surface area contributed by atoms with Gasteiger partial charge in [-0.2, -0.15) is 5.26 Å². The maximum Gasteiger partial charge on any atom is 0.241 e. The van der Waals surface area contributed by atoms with Gasteiger partial charge in [0.1, 0.15) is 6.04 Å². The minimum absolute atomic E-state index is 0.197. The van der Waals surface area contributed by atoms with Crippen molar-refractivity contribution >= 4 is 27.7 Å². The Morgan fingerprint density at radius 2 is 2.30 bits per heavy atom. The highest BCUT2D eigenvalue weighted by Gasteiger charge is 2.31. The molecule has 0 spiro atoms. The lowest BCUT2D eigenvalue weighted by atomic mass is 10.1. The lowest BCUT2D eigenvalue weighted by molar-refractivity contribution is -0.132. The van der Waals surface area contributed by atoms with Gasteiger partial charge in [0.05, 0.1) is 24.2 Å². The van der Waals surface area contributed by atoms with E-state index in [0.29, 0.717) is 37.4 Å². The van der Waals surface area contributed by atoms with Crippen LogP contribution in [0.25, 0.3) is 0 Å². The van der Waals surface area contributed by atoms with E-state index in [4.69, 9.17) is 11.0 Å². The second-order valence-corrected chi connectivity index (χ2v) is 7.55. The number of nitriles is 1. The Bertz CT molecular complexity index is 475. The summed E-state index contributed by atoms with van der Waals surface area (Å²) in [6.45, 7) is 0.347. The number of carbonyl (C=O) groups excluding carboxylic acids is 1. The van der Waals surface area contributed by atoms with Crippen molar-refractivity contribution in [2.75, 3.05) is 24.4 Å². The van der Waals surface area contributed by atoms with Crippen LogP contribution in [0.3, 0.4) is 0 Å². The molecule has 2 unspecified atom stereocenters. The molecular weight excluding hydrogens is 300 g/mol. The van der Waals surface area contributed by atoms with E-state index in [1.807, 2.05) is 0 Å². The highest BCUT2D eigenvalue weighted by molar-refractivity contribution is 7.99. The van der Waals surface area contributed by atoms with Crippen LogP contribution >= 0.6 is 11.8 Å². The molecule has 1 saturated heterocycles. The smallest absolute Gasteiger partial charge is 0.241 e. The number of carbonyl (C=O) groups is 1. The lowest BCUT2D eigenvalue weighted by Crippen LogP contribution is -2.46. The maximum atomic E-state index is 12.1. The number of rotatable bonds is 7. The summed E-state index contributed by atoms with van der Waals surface area (Å²) in [5.74, 6) is 0.950. The fraction of sp³-hybridized carbons (Fsp3) is 0.818. The van der Waals surface area contributed by atoms with Crippen molar-refractivity contribution in [3.63, 3.8) is 0 Å². The van der Waals surface area contributed by atoms with Gasteiger partial charge in [-0.05, 0) is 12.8 Å². The molecule has 20 heavy (non-hydrogen) atoms. The first kappa shape index (κ1) is 17.2. The SMILES string of the molecule is CS(=O)(=O)NCCCCC(N)C(=O)N1CSCC1C#N. The Morgan fingerprint density at radius 1 is 1.60 bits per heavy atom. The summed E-state index contributed by atoms with van der Waals surface area (Å²) in [5.41, 5.74) is 5.83. The second-order valence-electron chi connectivity index (χ2n) is 4.72. The third-order valence-electron chi connectivity index (χ3n) is 2.94. The first-order valence-electron chi connectivity index (χ1n) is 6.33. The van der Waals surface area contributed by atoms with E-state index in [2.05, 4.69) is 10.8 Å². The molecule has 2 atom stereocenters. The number of amides is 1. The molecule has 1 amide bonds. The predicted octanol–water partition coefficient (Wildman–Crippen LogP) is -0.542. The average Bonchev–Trinajstić information content (AvgIpc) is 2.84. The lowest BCUT2D eigenvalue weighted by Gasteiger charge is -2.22. The van der Waals surface area contributed by atoms with Crippen LogP contribution in [0.4, 0.5) is 0 Å². The minimum atomic E-state index is -3.16. The van der Waals surface area contributed by atoms with Gasteiger partial charge in [-0.25, -0.2) is 13.1 Å².